The lowest BCUT2D eigenvalue weighted by Gasteiger charge is -2.23. The molecule has 0 aliphatic carbocycles. The summed E-state index contributed by atoms with van der Waals surface area (Å²) >= 11 is 0. The SMILES string of the molecule is CS(=O)(=O)n1cccc1C1CCNCC1. The largest absolute Gasteiger partial charge is 0.317 e. The maximum Gasteiger partial charge on any atom is 0.235 e. The van der Waals surface area contributed by atoms with Crippen LogP contribution in [0.3, 0.4) is 0 Å². The van der Waals surface area contributed by atoms with E-state index >= 15 is 0 Å². The van der Waals surface area contributed by atoms with Gasteiger partial charge in [-0.2, -0.15) is 0 Å². The molecule has 5 heteroatoms. The number of aromatic nitrogens is 1. The molecule has 84 valence electrons. The summed E-state index contributed by atoms with van der Waals surface area (Å²) in [6.07, 6.45) is 4.91. The molecule has 1 aromatic rings. The Kier molecular flexibility index (Phi) is 2.84. The van der Waals surface area contributed by atoms with Crippen LogP contribution >= 0.6 is 0 Å². The maximum atomic E-state index is 11.5. The van der Waals surface area contributed by atoms with Gasteiger partial charge in [-0.25, -0.2) is 12.4 Å². The van der Waals surface area contributed by atoms with E-state index in [1.54, 1.807) is 12.3 Å². The molecule has 1 aromatic heterocycles. The summed E-state index contributed by atoms with van der Waals surface area (Å²) in [5, 5.41) is 3.28. The van der Waals surface area contributed by atoms with Crippen molar-refractivity contribution in [2.45, 2.75) is 18.8 Å². The minimum absolute atomic E-state index is 0.371. The van der Waals surface area contributed by atoms with E-state index < -0.39 is 10.0 Å². The molecule has 1 fully saturated rings. The fourth-order valence-electron chi connectivity index (χ4n) is 2.12. The Hall–Kier alpha value is -0.810. The molecule has 2 rings (SSSR count). The molecule has 0 bridgehead atoms. The topological polar surface area (TPSA) is 51.1 Å². The Morgan fingerprint density at radius 1 is 1.40 bits per heavy atom. The van der Waals surface area contributed by atoms with Crippen molar-refractivity contribution < 1.29 is 8.42 Å². The zero-order chi connectivity index (χ0) is 10.9. The van der Waals surface area contributed by atoms with Crippen molar-refractivity contribution in [2.75, 3.05) is 19.3 Å². The molecule has 0 spiro atoms. The summed E-state index contributed by atoms with van der Waals surface area (Å²) < 4.78 is 24.4. The van der Waals surface area contributed by atoms with E-state index in [1.807, 2.05) is 6.07 Å². The van der Waals surface area contributed by atoms with Gasteiger partial charge in [-0.15, -0.1) is 0 Å². The first-order chi connectivity index (χ1) is 7.09. The van der Waals surface area contributed by atoms with Crippen LogP contribution in [0.25, 0.3) is 0 Å². The summed E-state index contributed by atoms with van der Waals surface area (Å²) in [6.45, 7) is 1.94. The van der Waals surface area contributed by atoms with Crippen LogP contribution in [0, 0.1) is 0 Å². The van der Waals surface area contributed by atoms with Crippen molar-refractivity contribution in [1.82, 2.24) is 9.29 Å². The van der Waals surface area contributed by atoms with Crippen LogP contribution in [0.15, 0.2) is 18.3 Å². The summed E-state index contributed by atoms with van der Waals surface area (Å²) in [7, 11) is -3.14. The van der Waals surface area contributed by atoms with E-state index in [2.05, 4.69) is 5.32 Å². The average molecular weight is 228 g/mol. The number of hydrogen-bond donors (Lipinski definition) is 1. The molecule has 0 radical (unpaired) electrons. The van der Waals surface area contributed by atoms with Gasteiger partial charge in [0.2, 0.25) is 10.0 Å². The molecular formula is C10H16N2O2S. The normalized spacial score (nSPS) is 19.3. The molecule has 0 aromatic carbocycles. The summed E-state index contributed by atoms with van der Waals surface area (Å²) in [6, 6.07) is 3.72. The van der Waals surface area contributed by atoms with Crippen LogP contribution < -0.4 is 5.32 Å². The molecule has 1 aliphatic rings. The molecular weight excluding hydrogens is 212 g/mol. The lowest BCUT2D eigenvalue weighted by Crippen LogP contribution is -2.28. The molecule has 0 unspecified atom stereocenters. The molecule has 1 aliphatic heterocycles. The molecule has 1 N–H and O–H groups in total. The summed E-state index contributed by atoms with van der Waals surface area (Å²) in [5.41, 5.74) is 0.930. The van der Waals surface area contributed by atoms with Crippen LogP contribution in [0.2, 0.25) is 0 Å². The highest BCUT2D eigenvalue weighted by molar-refractivity contribution is 7.89. The van der Waals surface area contributed by atoms with Crippen LogP contribution in [-0.2, 0) is 10.0 Å². The van der Waals surface area contributed by atoms with Gasteiger partial charge >= 0.3 is 0 Å². The molecule has 0 saturated carbocycles. The first-order valence-corrected chi connectivity index (χ1v) is 7.02. The van der Waals surface area contributed by atoms with Gasteiger partial charge in [-0.3, -0.25) is 0 Å². The maximum absolute atomic E-state index is 11.5. The number of piperidine rings is 1. The lowest BCUT2D eigenvalue weighted by atomic mass is 9.95. The van der Waals surface area contributed by atoms with Crippen molar-refractivity contribution >= 4 is 10.0 Å². The number of nitrogens with zero attached hydrogens (tertiary/aromatic N) is 1. The van der Waals surface area contributed by atoms with Gasteiger partial charge in [0, 0.05) is 17.8 Å². The predicted octanol–water partition coefficient (Wildman–Crippen LogP) is 0.763. The fraction of sp³-hybridized carbons (Fsp3) is 0.600. The molecule has 1 saturated heterocycles. The number of nitrogens with one attached hydrogen (secondary N) is 1. The monoisotopic (exact) mass is 228 g/mol. The highest BCUT2D eigenvalue weighted by Gasteiger charge is 2.20. The second-order valence-electron chi connectivity index (χ2n) is 4.02. The second-order valence-corrected chi connectivity index (χ2v) is 5.88. The third-order valence-electron chi connectivity index (χ3n) is 2.86. The quantitative estimate of drug-likeness (QED) is 0.813. The fourth-order valence-corrected chi connectivity index (χ4v) is 3.00. The molecule has 4 nitrogen and oxygen atoms in total. The molecule has 15 heavy (non-hydrogen) atoms. The third kappa shape index (κ3) is 2.23. The summed E-state index contributed by atoms with van der Waals surface area (Å²) in [5.74, 6) is 0.371. The van der Waals surface area contributed by atoms with Crippen molar-refractivity contribution in [1.29, 1.82) is 0 Å². The summed E-state index contributed by atoms with van der Waals surface area (Å²) in [4.78, 5) is 0. The second kappa shape index (κ2) is 3.98. The van der Waals surface area contributed by atoms with Crippen molar-refractivity contribution in [3.8, 4) is 0 Å². The Labute approximate surface area is 90.3 Å². The van der Waals surface area contributed by atoms with Gasteiger partial charge in [0.05, 0.1) is 6.26 Å². The predicted molar refractivity (Wildman–Crippen MR) is 59.5 cm³/mol. The Bertz CT molecular complexity index is 430. The number of rotatable bonds is 2. The Morgan fingerprint density at radius 3 is 2.67 bits per heavy atom. The van der Waals surface area contributed by atoms with Gasteiger partial charge in [0.15, 0.2) is 0 Å². The first kappa shape index (κ1) is 10.7. The van der Waals surface area contributed by atoms with Crippen molar-refractivity contribution in [3.05, 3.63) is 24.0 Å². The first-order valence-electron chi connectivity index (χ1n) is 5.17. The van der Waals surface area contributed by atoms with Crippen LogP contribution in [0.4, 0.5) is 0 Å². The minimum Gasteiger partial charge on any atom is -0.317 e. The van der Waals surface area contributed by atoms with Gasteiger partial charge in [-0.1, -0.05) is 0 Å². The van der Waals surface area contributed by atoms with Gasteiger partial charge in [-0.05, 0) is 38.1 Å². The highest BCUT2D eigenvalue weighted by Crippen LogP contribution is 2.26. The number of hydrogen-bond acceptors (Lipinski definition) is 3. The van der Waals surface area contributed by atoms with Crippen molar-refractivity contribution in [2.24, 2.45) is 0 Å². The standard InChI is InChI=1S/C10H16N2O2S/c1-15(13,14)12-8-2-3-10(12)9-4-6-11-7-5-9/h2-3,8-9,11H,4-7H2,1H3. The van der Waals surface area contributed by atoms with E-state index in [0.29, 0.717) is 5.92 Å². The van der Waals surface area contributed by atoms with E-state index in [-0.39, 0.29) is 0 Å². The Balaban J connectivity index is 2.32. The van der Waals surface area contributed by atoms with Gasteiger partial charge < -0.3 is 5.32 Å². The zero-order valence-electron chi connectivity index (χ0n) is 8.81. The van der Waals surface area contributed by atoms with E-state index in [0.717, 1.165) is 31.6 Å². The van der Waals surface area contributed by atoms with E-state index in [1.165, 1.54) is 10.2 Å². The van der Waals surface area contributed by atoms with Crippen LogP contribution in [0.5, 0.6) is 0 Å². The smallest absolute Gasteiger partial charge is 0.235 e. The Morgan fingerprint density at radius 2 is 2.07 bits per heavy atom. The van der Waals surface area contributed by atoms with E-state index in [4.69, 9.17) is 0 Å². The van der Waals surface area contributed by atoms with Gasteiger partial charge in [0.25, 0.3) is 0 Å². The highest BCUT2D eigenvalue weighted by atomic mass is 32.2. The van der Waals surface area contributed by atoms with E-state index in [9.17, 15) is 8.42 Å². The molecule has 0 atom stereocenters. The minimum atomic E-state index is -3.14. The lowest BCUT2D eigenvalue weighted by molar-refractivity contribution is 0.450. The third-order valence-corrected chi connectivity index (χ3v) is 3.90. The van der Waals surface area contributed by atoms with Crippen LogP contribution in [-0.4, -0.2) is 31.7 Å². The van der Waals surface area contributed by atoms with Gasteiger partial charge in [0.1, 0.15) is 0 Å². The average Bonchev–Trinajstić information content (AvgIpc) is 2.67. The van der Waals surface area contributed by atoms with Crippen LogP contribution in [0.1, 0.15) is 24.5 Å². The zero-order valence-corrected chi connectivity index (χ0v) is 9.63. The molecule has 2 heterocycles. The molecule has 0 amide bonds. The van der Waals surface area contributed by atoms with Crippen molar-refractivity contribution in [3.63, 3.8) is 0 Å².